The summed E-state index contributed by atoms with van der Waals surface area (Å²) in [5.41, 5.74) is 0.851. The predicted octanol–water partition coefficient (Wildman–Crippen LogP) is 4.14. The quantitative estimate of drug-likeness (QED) is 0.327. The summed E-state index contributed by atoms with van der Waals surface area (Å²) in [4.78, 5) is 26.3. The lowest BCUT2D eigenvalue weighted by Crippen LogP contribution is -2.14. The minimum absolute atomic E-state index is 0.167. The van der Waals surface area contributed by atoms with Crippen LogP contribution in [0.5, 0.6) is 28.7 Å². The largest absolute Gasteiger partial charge is 0.493 e. The van der Waals surface area contributed by atoms with Crippen LogP contribution >= 0.6 is 0 Å². The summed E-state index contributed by atoms with van der Waals surface area (Å²) in [6.45, 7) is 3.50. The van der Waals surface area contributed by atoms with E-state index in [-0.39, 0.29) is 28.6 Å². The van der Waals surface area contributed by atoms with Crippen molar-refractivity contribution in [1.29, 1.82) is 0 Å². The Morgan fingerprint density at radius 3 is 1.94 bits per heavy atom. The van der Waals surface area contributed by atoms with Crippen molar-refractivity contribution >= 4 is 22.5 Å². The fourth-order valence-corrected chi connectivity index (χ4v) is 3.78. The Bertz CT molecular complexity index is 1310. The summed E-state index contributed by atoms with van der Waals surface area (Å²) in [5, 5.41) is 0.255. The zero-order valence-electron chi connectivity index (χ0n) is 20.8. The van der Waals surface area contributed by atoms with Gasteiger partial charge in [-0.2, -0.15) is 0 Å². The lowest BCUT2D eigenvalue weighted by atomic mass is 9.94. The molecule has 0 spiro atoms. The second-order valence-corrected chi connectivity index (χ2v) is 7.29. The van der Waals surface area contributed by atoms with Crippen LogP contribution in [0, 0.1) is 6.92 Å². The molecule has 0 saturated heterocycles. The number of carbonyl (C=O) groups is 1. The number of aryl methyl sites for hydroxylation is 1. The number of fused-ring (bicyclic) bond motifs is 1. The molecule has 0 aliphatic rings. The molecule has 0 aliphatic heterocycles. The fraction of sp³-hybridized carbons (Fsp3) is 0.308. The molecule has 1 heterocycles. The van der Waals surface area contributed by atoms with Gasteiger partial charge in [-0.15, -0.1) is 0 Å². The number of rotatable bonds is 9. The zero-order valence-corrected chi connectivity index (χ0v) is 20.8. The van der Waals surface area contributed by atoms with Crippen LogP contribution in [0.1, 0.15) is 23.8 Å². The monoisotopic (exact) mass is 484 g/mol. The maximum atomic E-state index is 13.8. The normalized spacial score (nSPS) is 11.2. The van der Waals surface area contributed by atoms with Crippen molar-refractivity contribution < 1.29 is 37.6 Å². The van der Waals surface area contributed by atoms with Gasteiger partial charge in [0.25, 0.3) is 0 Å². The first-order chi connectivity index (χ1) is 16.8. The highest BCUT2D eigenvalue weighted by molar-refractivity contribution is 5.98. The number of esters is 1. The van der Waals surface area contributed by atoms with E-state index in [0.717, 1.165) is 0 Å². The molecule has 0 radical (unpaired) electrons. The lowest BCUT2D eigenvalue weighted by Gasteiger charge is -2.17. The minimum atomic E-state index is -0.623. The Morgan fingerprint density at radius 2 is 1.43 bits per heavy atom. The predicted molar refractivity (Wildman–Crippen MR) is 130 cm³/mol. The Labute approximate surface area is 202 Å². The van der Waals surface area contributed by atoms with Gasteiger partial charge in [-0.05, 0) is 37.6 Å². The molecule has 35 heavy (non-hydrogen) atoms. The molecule has 0 fully saturated rings. The number of hydrogen-bond acceptors (Lipinski definition) is 9. The van der Waals surface area contributed by atoms with Crippen molar-refractivity contribution in [2.75, 3.05) is 42.2 Å². The van der Waals surface area contributed by atoms with Crippen LogP contribution in [0.2, 0.25) is 0 Å². The van der Waals surface area contributed by atoms with Crippen molar-refractivity contribution in [3.05, 3.63) is 57.5 Å². The van der Waals surface area contributed by atoms with Gasteiger partial charge < -0.3 is 32.8 Å². The van der Waals surface area contributed by atoms with Crippen LogP contribution < -0.4 is 29.1 Å². The summed E-state index contributed by atoms with van der Waals surface area (Å²) in [5.74, 6) is 1.53. The molecule has 2 aromatic carbocycles. The smallest absolute Gasteiger partial charge is 0.331 e. The maximum absolute atomic E-state index is 13.8. The molecule has 3 rings (SSSR count). The van der Waals surface area contributed by atoms with E-state index >= 15 is 0 Å². The first-order valence-electron chi connectivity index (χ1n) is 10.7. The summed E-state index contributed by atoms with van der Waals surface area (Å²) < 4.78 is 38.1. The molecule has 0 aliphatic carbocycles. The first-order valence-corrected chi connectivity index (χ1v) is 10.7. The molecule has 1 aromatic heterocycles. The van der Waals surface area contributed by atoms with Gasteiger partial charge in [-0.1, -0.05) is 0 Å². The van der Waals surface area contributed by atoms with Gasteiger partial charge in [0.05, 0.1) is 53.1 Å². The highest BCUT2D eigenvalue weighted by atomic mass is 16.5. The Kier molecular flexibility index (Phi) is 7.91. The molecule has 0 atom stereocenters. The molecular formula is C26H28O9. The molecule has 3 aromatic rings. The molecule has 0 N–H and O–H groups in total. The van der Waals surface area contributed by atoms with Gasteiger partial charge in [-0.3, -0.25) is 4.79 Å². The molecule has 0 saturated carbocycles. The zero-order chi connectivity index (χ0) is 25.7. The number of carbonyl (C=O) groups excluding carboxylic acids is 1. The summed E-state index contributed by atoms with van der Waals surface area (Å²) >= 11 is 0. The van der Waals surface area contributed by atoms with Gasteiger partial charge in [0.2, 0.25) is 11.2 Å². The van der Waals surface area contributed by atoms with Crippen molar-refractivity contribution in [2.24, 2.45) is 0 Å². The second-order valence-electron chi connectivity index (χ2n) is 7.29. The standard InChI is InChI=1S/C26H28O9/c1-8-34-23(27)12-16(15-9-21(31-5)26(33-7)22(10-15)32-6)24-14(2)35-18-13-20(30-4)19(29-3)11-17(18)25(24)28/h9-13H,8H2,1-7H3/b16-12+. The van der Waals surface area contributed by atoms with E-state index < -0.39 is 5.97 Å². The van der Waals surface area contributed by atoms with E-state index in [4.69, 9.17) is 32.8 Å². The molecule has 0 amide bonds. The van der Waals surface area contributed by atoms with Crippen LogP contribution in [-0.2, 0) is 9.53 Å². The van der Waals surface area contributed by atoms with Gasteiger partial charge in [0.15, 0.2) is 23.0 Å². The average molecular weight is 485 g/mol. The van der Waals surface area contributed by atoms with Gasteiger partial charge >= 0.3 is 5.97 Å². The molecule has 186 valence electrons. The third-order valence-electron chi connectivity index (χ3n) is 5.37. The van der Waals surface area contributed by atoms with E-state index in [1.54, 1.807) is 38.1 Å². The van der Waals surface area contributed by atoms with Crippen LogP contribution in [-0.4, -0.2) is 48.1 Å². The molecule has 9 nitrogen and oxygen atoms in total. The van der Waals surface area contributed by atoms with E-state index in [2.05, 4.69) is 0 Å². The van der Waals surface area contributed by atoms with Crippen molar-refractivity contribution in [1.82, 2.24) is 0 Å². The summed E-state index contributed by atoms with van der Waals surface area (Å²) in [6, 6.07) is 6.41. The van der Waals surface area contributed by atoms with Gasteiger partial charge in [-0.25, -0.2) is 4.79 Å². The summed E-state index contributed by atoms with van der Waals surface area (Å²) in [6.07, 6.45) is 1.25. The fourth-order valence-electron chi connectivity index (χ4n) is 3.78. The van der Waals surface area contributed by atoms with E-state index in [1.165, 1.54) is 41.6 Å². The molecule has 0 bridgehead atoms. The highest BCUT2D eigenvalue weighted by Crippen LogP contribution is 2.41. The van der Waals surface area contributed by atoms with Gasteiger partial charge in [0.1, 0.15) is 11.3 Å². The van der Waals surface area contributed by atoms with Crippen LogP contribution in [0.25, 0.3) is 16.5 Å². The van der Waals surface area contributed by atoms with E-state index in [1.807, 2.05) is 0 Å². The Hall–Kier alpha value is -4.14. The maximum Gasteiger partial charge on any atom is 0.331 e. The summed E-state index contributed by atoms with van der Waals surface area (Å²) in [7, 11) is 7.41. The third-order valence-corrected chi connectivity index (χ3v) is 5.37. The molecule has 0 unspecified atom stereocenters. The van der Waals surface area contributed by atoms with Crippen molar-refractivity contribution in [3.8, 4) is 28.7 Å². The number of ether oxygens (including phenoxy) is 6. The number of hydrogen-bond donors (Lipinski definition) is 0. The topological polar surface area (TPSA) is 103 Å². The van der Waals surface area contributed by atoms with E-state index in [0.29, 0.717) is 45.7 Å². The lowest BCUT2D eigenvalue weighted by molar-refractivity contribution is -0.137. The Balaban J connectivity index is 2.39. The van der Waals surface area contributed by atoms with Crippen molar-refractivity contribution in [3.63, 3.8) is 0 Å². The van der Waals surface area contributed by atoms with Crippen molar-refractivity contribution in [2.45, 2.75) is 13.8 Å². The molecule has 9 heteroatoms. The second kappa shape index (κ2) is 10.9. The first kappa shape index (κ1) is 25.5. The number of methoxy groups -OCH3 is 5. The Morgan fingerprint density at radius 1 is 0.857 bits per heavy atom. The SMILES string of the molecule is CCOC(=O)/C=C(\c1cc(OC)c(OC)c(OC)c1)c1c(C)oc2cc(OC)c(OC)cc2c1=O. The van der Waals surface area contributed by atoms with E-state index in [9.17, 15) is 9.59 Å². The minimum Gasteiger partial charge on any atom is -0.493 e. The highest BCUT2D eigenvalue weighted by Gasteiger charge is 2.23. The van der Waals surface area contributed by atoms with Crippen LogP contribution in [0.15, 0.2) is 39.6 Å². The third kappa shape index (κ3) is 4.89. The van der Waals surface area contributed by atoms with Crippen LogP contribution in [0.3, 0.4) is 0 Å². The van der Waals surface area contributed by atoms with Crippen LogP contribution in [0.4, 0.5) is 0 Å². The van der Waals surface area contributed by atoms with Gasteiger partial charge in [0, 0.05) is 17.7 Å². The molecular weight excluding hydrogens is 456 g/mol. The number of benzene rings is 2. The average Bonchev–Trinajstić information content (AvgIpc) is 2.86.